The lowest BCUT2D eigenvalue weighted by Gasteiger charge is -2.12. The van der Waals surface area contributed by atoms with E-state index in [1.165, 1.54) is 6.07 Å². The second kappa shape index (κ2) is 5.80. The van der Waals surface area contributed by atoms with E-state index in [0.717, 1.165) is 37.8 Å². The fourth-order valence-electron chi connectivity index (χ4n) is 2.08. The molecule has 0 bridgehead atoms. The van der Waals surface area contributed by atoms with Crippen molar-refractivity contribution in [2.24, 2.45) is 0 Å². The number of hydrogen-bond acceptors (Lipinski definition) is 2. The Bertz CT molecular complexity index is 431. The lowest BCUT2D eigenvalue weighted by atomic mass is 10.2. The molecule has 0 unspecified atom stereocenters. The molecule has 0 spiro atoms. The molecule has 98 valence electrons. The Labute approximate surface area is 104 Å². The largest absolute Gasteiger partial charge is 0.481 e. The average Bonchev–Trinajstić information content (AvgIpc) is 2.80. The van der Waals surface area contributed by atoms with E-state index in [0.29, 0.717) is 0 Å². The van der Waals surface area contributed by atoms with E-state index >= 15 is 0 Å². The number of halogens is 2. The van der Waals surface area contributed by atoms with Crippen LogP contribution in [-0.2, 0) is 4.79 Å². The van der Waals surface area contributed by atoms with Crippen LogP contribution in [-0.4, -0.2) is 18.6 Å². The molecule has 1 N–H and O–H groups in total. The number of hydrogen-bond donors (Lipinski definition) is 1. The van der Waals surface area contributed by atoms with Gasteiger partial charge in [0.05, 0.1) is 0 Å². The van der Waals surface area contributed by atoms with Crippen LogP contribution in [0, 0.1) is 11.6 Å². The topological polar surface area (TPSA) is 38.3 Å². The molecule has 0 aliphatic heterocycles. The summed E-state index contributed by atoms with van der Waals surface area (Å²) in [5.41, 5.74) is 0. The molecule has 1 saturated carbocycles. The highest BCUT2D eigenvalue weighted by Crippen LogP contribution is 2.19. The summed E-state index contributed by atoms with van der Waals surface area (Å²) in [7, 11) is 0. The normalized spacial score (nSPS) is 15.7. The van der Waals surface area contributed by atoms with Gasteiger partial charge < -0.3 is 10.1 Å². The summed E-state index contributed by atoms with van der Waals surface area (Å²) in [6, 6.07) is 3.20. The maximum Gasteiger partial charge on any atom is 0.258 e. The zero-order valence-electron chi connectivity index (χ0n) is 9.92. The van der Waals surface area contributed by atoms with Crippen LogP contribution in [0.15, 0.2) is 18.2 Å². The third-order valence-corrected chi connectivity index (χ3v) is 2.97. The Hall–Kier alpha value is -1.65. The van der Waals surface area contributed by atoms with Crippen molar-refractivity contribution < 1.29 is 18.3 Å². The zero-order valence-corrected chi connectivity index (χ0v) is 9.92. The monoisotopic (exact) mass is 255 g/mol. The van der Waals surface area contributed by atoms with Gasteiger partial charge in [-0.15, -0.1) is 0 Å². The van der Waals surface area contributed by atoms with Crippen molar-refractivity contribution in [3.05, 3.63) is 29.8 Å². The highest BCUT2D eigenvalue weighted by atomic mass is 19.1. The van der Waals surface area contributed by atoms with Crippen molar-refractivity contribution in [2.75, 3.05) is 6.61 Å². The van der Waals surface area contributed by atoms with E-state index in [-0.39, 0.29) is 24.3 Å². The number of rotatable bonds is 4. The molecule has 2 rings (SSSR count). The molecule has 1 fully saturated rings. The molecular formula is C13H15F2NO2. The summed E-state index contributed by atoms with van der Waals surface area (Å²) in [6.45, 7) is -0.251. The highest BCUT2D eigenvalue weighted by molar-refractivity contribution is 5.77. The smallest absolute Gasteiger partial charge is 0.258 e. The second-order valence-electron chi connectivity index (χ2n) is 4.41. The summed E-state index contributed by atoms with van der Waals surface area (Å²) in [4.78, 5) is 11.5. The van der Waals surface area contributed by atoms with Gasteiger partial charge in [-0.05, 0) is 25.0 Å². The molecule has 0 aromatic heterocycles. The molecule has 1 aliphatic carbocycles. The summed E-state index contributed by atoms with van der Waals surface area (Å²) in [5, 5.41) is 2.82. The molecule has 1 aromatic rings. The first kappa shape index (κ1) is 12.8. The standard InChI is InChI=1S/C13H15F2NO2/c14-9-5-6-12(11(15)7-9)18-8-13(17)16-10-3-1-2-4-10/h5-7,10H,1-4,8H2,(H,16,17). The van der Waals surface area contributed by atoms with Gasteiger partial charge in [-0.3, -0.25) is 4.79 Å². The molecule has 1 amide bonds. The van der Waals surface area contributed by atoms with E-state index < -0.39 is 11.6 Å². The van der Waals surface area contributed by atoms with Crippen LogP contribution in [0.4, 0.5) is 8.78 Å². The minimum Gasteiger partial charge on any atom is -0.481 e. The van der Waals surface area contributed by atoms with Crippen molar-refractivity contribution in [3.63, 3.8) is 0 Å². The van der Waals surface area contributed by atoms with Gasteiger partial charge in [0.25, 0.3) is 5.91 Å². The number of ether oxygens (including phenoxy) is 1. The molecule has 1 aromatic carbocycles. The van der Waals surface area contributed by atoms with Gasteiger partial charge in [0.15, 0.2) is 18.2 Å². The summed E-state index contributed by atoms with van der Waals surface area (Å²) in [5.74, 6) is -1.86. The Morgan fingerprint density at radius 2 is 2.06 bits per heavy atom. The Balaban J connectivity index is 1.81. The van der Waals surface area contributed by atoms with E-state index in [1.54, 1.807) is 0 Å². The zero-order chi connectivity index (χ0) is 13.0. The molecular weight excluding hydrogens is 240 g/mol. The van der Waals surface area contributed by atoms with Crippen molar-refractivity contribution in [2.45, 2.75) is 31.7 Å². The van der Waals surface area contributed by atoms with Gasteiger partial charge in [-0.1, -0.05) is 12.8 Å². The van der Waals surface area contributed by atoms with Crippen LogP contribution >= 0.6 is 0 Å². The van der Waals surface area contributed by atoms with Crippen molar-refractivity contribution in [1.29, 1.82) is 0 Å². The van der Waals surface area contributed by atoms with Crippen molar-refractivity contribution in [3.8, 4) is 5.75 Å². The van der Waals surface area contributed by atoms with Crippen LogP contribution in [0.5, 0.6) is 5.75 Å². The molecule has 0 heterocycles. The van der Waals surface area contributed by atoms with Gasteiger partial charge in [0.2, 0.25) is 0 Å². The van der Waals surface area contributed by atoms with E-state index in [2.05, 4.69) is 5.32 Å². The van der Waals surface area contributed by atoms with Crippen molar-refractivity contribution >= 4 is 5.91 Å². The minimum atomic E-state index is -0.802. The van der Waals surface area contributed by atoms with Gasteiger partial charge in [-0.2, -0.15) is 0 Å². The third-order valence-electron chi connectivity index (χ3n) is 2.97. The van der Waals surface area contributed by atoms with Gasteiger partial charge in [0.1, 0.15) is 5.82 Å². The fourth-order valence-corrected chi connectivity index (χ4v) is 2.08. The van der Waals surface area contributed by atoms with E-state index in [1.807, 2.05) is 0 Å². The first-order valence-corrected chi connectivity index (χ1v) is 6.02. The van der Waals surface area contributed by atoms with Gasteiger partial charge in [-0.25, -0.2) is 8.78 Å². The third kappa shape index (κ3) is 3.42. The number of amides is 1. The Kier molecular flexibility index (Phi) is 4.12. The molecule has 0 saturated heterocycles. The molecule has 0 radical (unpaired) electrons. The Morgan fingerprint density at radius 3 is 2.72 bits per heavy atom. The first-order valence-electron chi connectivity index (χ1n) is 6.02. The average molecular weight is 255 g/mol. The fraction of sp³-hybridized carbons (Fsp3) is 0.462. The van der Waals surface area contributed by atoms with E-state index in [9.17, 15) is 13.6 Å². The van der Waals surface area contributed by atoms with Gasteiger partial charge in [0, 0.05) is 12.1 Å². The van der Waals surface area contributed by atoms with Gasteiger partial charge >= 0.3 is 0 Å². The lowest BCUT2D eigenvalue weighted by molar-refractivity contribution is -0.123. The second-order valence-corrected chi connectivity index (χ2v) is 4.41. The quantitative estimate of drug-likeness (QED) is 0.897. The summed E-state index contributed by atoms with van der Waals surface area (Å²) in [6.07, 6.45) is 4.21. The first-order chi connectivity index (χ1) is 8.65. The van der Waals surface area contributed by atoms with E-state index in [4.69, 9.17) is 4.74 Å². The van der Waals surface area contributed by atoms with Crippen LogP contribution < -0.4 is 10.1 Å². The highest BCUT2D eigenvalue weighted by Gasteiger charge is 2.17. The van der Waals surface area contributed by atoms with Crippen LogP contribution in [0.3, 0.4) is 0 Å². The summed E-state index contributed by atoms with van der Waals surface area (Å²) >= 11 is 0. The lowest BCUT2D eigenvalue weighted by Crippen LogP contribution is -2.36. The molecule has 1 aliphatic rings. The van der Waals surface area contributed by atoms with Crippen molar-refractivity contribution in [1.82, 2.24) is 5.32 Å². The maximum absolute atomic E-state index is 13.2. The minimum absolute atomic E-state index is 0.113. The number of nitrogens with one attached hydrogen (secondary N) is 1. The maximum atomic E-state index is 13.2. The number of benzene rings is 1. The Morgan fingerprint density at radius 1 is 1.33 bits per heavy atom. The molecule has 18 heavy (non-hydrogen) atoms. The van der Waals surface area contributed by atoms with Crippen LogP contribution in [0.2, 0.25) is 0 Å². The predicted molar refractivity (Wildman–Crippen MR) is 62.3 cm³/mol. The SMILES string of the molecule is O=C(COc1ccc(F)cc1F)NC1CCCC1. The van der Waals surface area contributed by atoms with Crippen LogP contribution in [0.1, 0.15) is 25.7 Å². The summed E-state index contributed by atoms with van der Waals surface area (Å²) < 4.78 is 30.9. The number of carbonyl (C=O) groups is 1. The van der Waals surface area contributed by atoms with Crippen LogP contribution in [0.25, 0.3) is 0 Å². The molecule has 0 atom stereocenters. The molecule has 3 nitrogen and oxygen atoms in total. The molecule has 5 heteroatoms. The number of carbonyl (C=O) groups excluding carboxylic acids is 1. The predicted octanol–water partition coefficient (Wildman–Crippen LogP) is 2.40.